The molecule has 1 unspecified atom stereocenters. The largest absolute Gasteiger partial charge is 0.469 e. The molecule has 2 heterocycles. The van der Waals surface area contributed by atoms with Crippen LogP contribution in [0.4, 0.5) is 29.6 Å². The molecule has 0 bridgehead atoms. The zero-order valence-electron chi connectivity index (χ0n) is 21.8. The average molecular weight is 553 g/mol. The van der Waals surface area contributed by atoms with Crippen molar-refractivity contribution >= 4 is 23.7 Å². The van der Waals surface area contributed by atoms with E-state index in [1.54, 1.807) is 43.3 Å². The minimum absolute atomic E-state index is 0.0592. The molecular weight excluding hydrogens is 525 g/mol. The highest BCUT2D eigenvalue weighted by atomic mass is 19.4. The van der Waals surface area contributed by atoms with Gasteiger partial charge >= 0.3 is 18.2 Å². The number of esters is 1. The Morgan fingerprint density at radius 1 is 1.10 bits per heavy atom. The van der Waals surface area contributed by atoms with E-state index in [4.69, 9.17) is 9.84 Å². The summed E-state index contributed by atoms with van der Waals surface area (Å²) in [6, 6.07) is 14.0. The molecule has 208 valence electrons. The normalized spacial score (nSPS) is 14.6. The minimum atomic E-state index is -4.72. The number of piperidine rings is 1. The lowest BCUT2D eigenvalue weighted by atomic mass is 9.89. The highest BCUT2D eigenvalue weighted by Crippen LogP contribution is 2.32. The molecule has 1 atom stereocenters. The Kier molecular flexibility index (Phi) is 8.58. The van der Waals surface area contributed by atoms with Gasteiger partial charge in [0, 0.05) is 30.5 Å². The van der Waals surface area contributed by atoms with Crippen LogP contribution in [0.15, 0.2) is 54.7 Å². The molecule has 8 nitrogen and oxygen atoms in total. The third kappa shape index (κ3) is 6.69. The summed E-state index contributed by atoms with van der Waals surface area (Å²) in [6.45, 7) is 2.56. The number of anilines is 2. The van der Waals surface area contributed by atoms with Crippen LogP contribution in [0.2, 0.25) is 0 Å². The highest BCUT2D eigenvalue weighted by Gasteiger charge is 2.35. The van der Waals surface area contributed by atoms with Gasteiger partial charge in [0.05, 0.1) is 13.0 Å². The lowest BCUT2D eigenvalue weighted by Gasteiger charge is -2.30. The van der Waals surface area contributed by atoms with Gasteiger partial charge in [-0.2, -0.15) is 13.2 Å². The van der Waals surface area contributed by atoms with Crippen molar-refractivity contribution in [3.8, 4) is 11.8 Å². The Morgan fingerprint density at radius 2 is 1.77 bits per heavy atom. The van der Waals surface area contributed by atoms with Crippen molar-refractivity contribution in [2.75, 3.05) is 25.5 Å². The first-order valence-corrected chi connectivity index (χ1v) is 12.5. The fourth-order valence-corrected chi connectivity index (χ4v) is 4.54. The maximum Gasteiger partial charge on any atom is 0.420 e. The number of carbonyl (C=O) groups is 2. The molecule has 11 heteroatoms. The zero-order valence-corrected chi connectivity index (χ0v) is 21.8. The number of alkyl halides is 3. The number of likely N-dealkylation sites (tertiary alicyclic amines) is 1. The molecule has 1 saturated heterocycles. The van der Waals surface area contributed by atoms with E-state index in [1.165, 1.54) is 12.0 Å². The van der Waals surface area contributed by atoms with Gasteiger partial charge in [0.1, 0.15) is 11.3 Å². The van der Waals surface area contributed by atoms with E-state index in [0.717, 1.165) is 5.56 Å². The topological polar surface area (TPSA) is 105 Å². The molecule has 0 spiro atoms. The summed E-state index contributed by atoms with van der Waals surface area (Å²) in [5, 5.41) is 12.0. The smallest absolute Gasteiger partial charge is 0.420 e. The summed E-state index contributed by atoms with van der Waals surface area (Å²) in [7, 11) is 1.26. The molecule has 1 amide bonds. The number of benzene rings is 2. The first-order valence-electron chi connectivity index (χ1n) is 12.5. The van der Waals surface area contributed by atoms with Crippen LogP contribution in [0.1, 0.15) is 59.5 Å². The lowest BCUT2D eigenvalue weighted by Crippen LogP contribution is -2.36. The Labute approximate surface area is 229 Å². The Hall–Kier alpha value is -4.59. The number of halogens is 3. The van der Waals surface area contributed by atoms with Crippen molar-refractivity contribution < 1.29 is 32.6 Å². The van der Waals surface area contributed by atoms with Crippen molar-refractivity contribution in [2.45, 2.75) is 37.8 Å². The van der Waals surface area contributed by atoms with E-state index < -0.39 is 35.4 Å². The van der Waals surface area contributed by atoms with E-state index in [1.807, 2.05) is 12.1 Å². The first kappa shape index (κ1) is 28.4. The number of hydrogen-bond donors (Lipinski definition) is 2. The van der Waals surface area contributed by atoms with Gasteiger partial charge in [-0.15, -0.1) is 0 Å². The van der Waals surface area contributed by atoms with Crippen LogP contribution in [0.5, 0.6) is 0 Å². The number of ether oxygens (including phenoxy) is 1. The number of carbonyl (C=O) groups excluding carboxylic acids is 1. The van der Waals surface area contributed by atoms with Crippen LogP contribution in [0.3, 0.4) is 0 Å². The molecule has 1 aliphatic heterocycles. The highest BCUT2D eigenvalue weighted by molar-refractivity contribution is 5.78. The van der Waals surface area contributed by atoms with Crippen LogP contribution in [-0.2, 0) is 15.7 Å². The molecule has 1 aromatic heterocycles. The SMILES string of the molecule is COC(=O)C(C)c1ccccc1C#Cc1nc(Nc2ccc(C3CCN(C(=O)O)CC3)cc2)ncc1C(F)(F)F. The molecule has 40 heavy (non-hydrogen) atoms. The number of nitrogens with one attached hydrogen (secondary N) is 1. The number of methoxy groups -OCH3 is 1. The fourth-order valence-electron chi connectivity index (χ4n) is 4.54. The standard InChI is InChI=1S/C29H27F3N4O4/c1-18(26(37)40-2)23-6-4-3-5-21(23)9-12-25-24(29(30,31)32)17-33-27(35-25)34-22-10-7-19(8-11-22)20-13-15-36(16-14-20)28(38)39/h3-8,10-11,17-18,20H,13-16H2,1-2H3,(H,38,39)(H,33,34,35). The van der Waals surface area contributed by atoms with Gasteiger partial charge in [-0.05, 0) is 60.9 Å². The Bertz CT molecular complexity index is 1440. The summed E-state index contributed by atoms with van der Waals surface area (Å²) in [6.07, 6.45) is -3.53. The molecular formula is C29H27F3N4O4. The number of hydrogen-bond acceptors (Lipinski definition) is 6. The molecule has 0 saturated carbocycles. The fraction of sp³-hybridized carbons (Fsp3) is 0.310. The number of nitrogens with zero attached hydrogens (tertiary/aromatic N) is 3. The van der Waals surface area contributed by atoms with E-state index in [0.29, 0.717) is 48.9 Å². The second-order valence-corrected chi connectivity index (χ2v) is 9.33. The van der Waals surface area contributed by atoms with Crippen LogP contribution >= 0.6 is 0 Å². The molecule has 2 aromatic carbocycles. The quantitative estimate of drug-likeness (QED) is 0.306. The van der Waals surface area contributed by atoms with Crippen LogP contribution in [0.25, 0.3) is 0 Å². The van der Waals surface area contributed by atoms with Gasteiger partial charge < -0.3 is 20.1 Å². The summed E-state index contributed by atoms with van der Waals surface area (Å²) in [5.74, 6) is 4.26. The van der Waals surface area contributed by atoms with Crippen LogP contribution in [0, 0.1) is 11.8 Å². The predicted octanol–water partition coefficient (Wildman–Crippen LogP) is 5.77. The second-order valence-electron chi connectivity index (χ2n) is 9.33. The van der Waals surface area contributed by atoms with Crippen LogP contribution < -0.4 is 5.32 Å². The van der Waals surface area contributed by atoms with Crippen LogP contribution in [-0.4, -0.2) is 52.2 Å². The monoisotopic (exact) mass is 552 g/mol. The maximum atomic E-state index is 13.7. The molecule has 0 aliphatic carbocycles. The first-order chi connectivity index (χ1) is 19.1. The van der Waals surface area contributed by atoms with E-state index in [2.05, 4.69) is 27.1 Å². The van der Waals surface area contributed by atoms with Gasteiger partial charge in [-0.1, -0.05) is 36.3 Å². The van der Waals surface area contributed by atoms with E-state index in [9.17, 15) is 22.8 Å². The molecule has 0 radical (unpaired) electrons. The number of rotatable bonds is 5. The molecule has 1 fully saturated rings. The average Bonchev–Trinajstić information content (AvgIpc) is 2.95. The lowest BCUT2D eigenvalue weighted by molar-refractivity contribution is -0.142. The van der Waals surface area contributed by atoms with Gasteiger partial charge in [0.25, 0.3) is 0 Å². The summed E-state index contributed by atoms with van der Waals surface area (Å²) < 4.78 is 45.9. The molecule has 4 rings (SSSR count). The van der Waals surface area contributed by atoms with Gasteiger partial charge in [-0.3, -0.25) is 4.79 Å². The van der Waals surface area contributed by atoms with Crippen molar-refractivity contribution in [1.29, 1.82) is 0 Å². The van der Waals surface area contributed by atoms with E-state index in [-0.39, 0.29) is 11.9 Å². The number of carboxylic acid groups (broad SMARTS) is 1. The zero-order chi connectivity index (χ0) is 28.9. The third-order valence-corrected chi connectivity index (χ3v) is 6.80. The summed E-state index contributed by atoms with van der Waals surface area (Å²) >= 11 is 0. The van der Waals surface area contributed by atoms with Crippen molar-refractivity contribution in [2.24, 2.45) is 0 Å². The van der Waals surface area contributed by atoms with Crippen molar-refractivity contribution in [3.63, 3.8) is 0 Å². The van der Waals surface area contributed by atoms with Gasteiger partial charge in [0.15, 0.2) is 0 Å². The van der Waals surface area contributed by atoms with Crippen molar-refractivity contribution in [1.82, 2.24) is 14.9 Å². The van der Waals surface area contributed by atoms with E-state index >= 15 is 0 Å². The second kappa shape index (κ2) is 12.1. The van der Waals surface area contributed by atoms with Gasteiger partial charge in [-0.25, -0.2) is 14.8 Å². The summed E-state index contributed by atoms with van der Waals surface area (Å²) in [5.41, 5.74) is 0.945. The Balaban J connectivity index is 1.56. The molecule has 1 aliphatic rings. The maximum absolute atomic E-state index is 13.7. The van der Waals surface area contributed by atoms with Gasteiger partial charge in [0.2, 0.25) is 5.95 Å². The predicted molar refractivity (Wildman–Crippen MR) is 141 cm³/mol. The number of aromatic nitrogens is 2. The Morgan fingerprint density at radius 3 is 2.40 bits per heavy atom. The van der Waals surface area contributed by atoms with Crippen molar-refractivity contribution in [3.05, 3.63) is 82.7 Å². The third-order valence-electron chi connectivity index (χ3n) is 6.80. The summed E-state index contributed by atoms with van der Waals surface area (Å²) in [4.78, 5) is 32.4. The minimum Gasteiger partial charge on any atom is -0.469 e. The molecule has 3 aromatic rings. The number of amides is 1. The molecule has 2 N–H and O–H groups in total.